The monoisotopic (exact) mass is 396 g/mol. The molecule has 1 saturated heterocycles. The number of hydrogen-bond donors (Lipinski definition) is 0. The third-order valence-electron chi connectivity index (χ3n) is 5.34. The summed E-state index contributed by atoms with van der Waals surface area (Å²) < 4.78 is 29.3. The first-order valence-electron chi connectivity index (χ1n) is 9.16. The van der Waals surface area contributed by atoms with E-state index in [2.05, 4.69) is 0 Å². The lowest BCUT2D eigenvalue weighted by molar-refractivity contribution is -0.385. The van der Waals surface area contributed by atoms with Crippen molar-refractivity contribution in [2.45, 2.75) is 51.1 Å². The van der Waals surface area contributed by atoms with Crippen molar-refractivity contribution in [3.05, 3.63) is 33.9 Å². The number of amides is 1. The fourth-order valence-corrected chi connectivity index (χ4v) is 5.74. The Balaban J connectivity index is 1.69. The predicted octanol–water partition coefficient (Wildman–Crippen LogP) is 2.24. The van der Waals surface area contributed by atoms with Gasteiger partial charge in [-0.1, -0.05) is 12.8 Å². The maximum absolute atomic E-state index is 12.9. The van der Waals surface area contributed by atoms with E-state index in [0.29, 0.717) is 17.7 Å². The molecule has 9 heteroatoms. The van der Waals surface area contributed by atoms with E-state index in [1.807, 2.05) is 0 Å². The van der Waals surface area contributed by atoms with Crippen LogP contribution < -0.4 is 4.74 Å². The van der Waals surface area contributed by atoms with Crippen LogP contribution in [0.4, 0.5) is 5.69 Å². The highest BCUT2D eigenvalue weighted by Gasteiger charge is 2.39. The van der Waals surface area contributed by atoms with E-state index in [4.69, 9.17) is 4.74 Å². The lowest BCUT2D eigenvalue weighted by Gasteiger charge is -2.34. The van der Waals surface area contributed by atoms with E-state index in [0.717, 1.165) is 25.7 Å². The van der Waals surface area contributed by atoms with Crippen LogP contribution in [0.5, 0.6) is 5.75 Å². The van der Waals surface area contributed by atoms with Gasteiger partial charge in [-0.3, -0.25) is 14.9 Å². The van der Waals surface area contributed by atoms with Gasteiger partial charge >= 0.3 is 0 Å². The molecule has 0 unspecified atom stereocenters. The second kappa shape index (κ2) is 7.84. The maximum Gasteiger partial charge on any atom is 0.272 e. The minimum Gasteiger partial charge on any atom is -0.484 e. The second-order valence-electron chi connectivity index (χ2n) is 7.29. The third-order valence-corrected chi connectivity index (χ3v) is 7.09. The zero-order valence-corrected chi connectivity index (χ0v) is 16.1. The fourth-order valence-electron chi connectivity index (χ4n) is 4.02. The van der Waals surface area contributed by atoms with Crippen molar-refractivity contribution in [1.29, 1.82) is 0 Å². The van der Waals surface area contributed by atoms with Crippen LogP contribution in [0.3, 0.4) is 0 Å². The number of carbonyl (C=O) groups excluding carboxylic acids is 1. The Hall–Kier alpha value is -2.16. The van der Waals surface area contributed by atoms with E-state index < -0.39 is 14.8 Å². The van der Waals surface area contributed by atoms with Gasteiger partial charge in [0.2, 0.25) is 0 Å². The summed E-state index contributed by atoms with van der Waals surface area (Å²) in [6, 6.07) is 4.14. The smallest absolute Gasteiger partial charge is 0.272 e. The molecule has 2 aliphatic rings. The number of ether oxygens (including phenoxy) is 1. The largest absolute Gasteiger partial charge is 0.484 e. The summed E-state index contributed by atoms with van der Waals surface area (Å²) >= 11 is 0. The number of aryl methyl sites for hydroxylation is 1. The summed E-state index contributed by atoms with van der Waals surface area (Å²) in [4.78, 5) is 25.0. The Bertz CT molecular complexity index is 832. The Kier molecular flexibility index (Phi) is 5.69. The zero-order chi connectivity index (χ0) is 19.6. The third kappa shape index (κ3) is 4.58. The summed E-state index contributed by atoms with van der Waals surface area (Å²) in [7, 11) is -3.09. The Labute approximate surface area is 158 Å². The van der Waals surface area contributed by atoms with Gasteiger partial charge in [-0.05, 0) is 38.3 Å². The van der Waals surface area contributed by atoms with Gasteiger partial charge in [0.1, 0.15) is 5.75 Å². The zero-order valence-electron chi connectivity index (χ0n) is 15.3. The molecule has 1 amide bonds. The number of nitro groups is 1. The topological polar surface area (TPSA) is 107 Å². The van der Waals surface area contributed by atoms with E-state index >= 15 is 0 Å². The molecule has 0 N–H and O–H groups in total. The number of nitrogens with zero attached hydrogens (tertiary/aromatic N) is 2. The molecule has 1 atom stereocenters. The molecule has 1 aliphatic heterocycles. The van der Waals surface area contributed by atoms with Crippen LogP contribution in [-0.2, 0) is 14.6 Å². The minimum absolute atomic E-state index is 0.00239. The number of hydrogen-bond acceptors (Lipinski definition) is 6. The van der Waals surface area contributed by atoms with Gasteiger partial charge in [0.05, 0.1) is 16.4 Å². The first-order chi connectivity index (χ1) is 12.8. The summed E-state index contributed by atoms with van der Waals surface area (Å²) in [6.45, 7) is 1.41. The SMILES string of the molecule is Cc1cc(OCC(=O)N(C2CCCC2)[C@@H]2CCS(=O)(=O)C2)ccc1[N+](=O)[O-]. The molecule has 2 fully saturated rings. The van der Waals surface area contributed by atoms with Crippen LogP contribution in [0.25, 0.3) is 0 Å². The van der Waals surface area contributed by atoms with Crippen molar-refractivity contribution in [3.8, 4) is 5.75 Å². The van der Waals surface area contributed by atoms with Crippen LogP contribution in [-0.4, -0.2) is 54.3 Å². The molecule has 1 heterocycles. The Morgan fingerprint density at radius 1 is 1.26 bits per heavy atom. The van der Waals surface area contributed by atoms with Crippen LogP contribution in [0, 0.1) is 17.0 Å². The van der Waals surface area contributed by atoms with Crippen LogP contribution in [0.15, 0.2) is 18.2 Å². The van der Waals surface area contributed by atoms with Crippen molar-refractivity contribution in [2.75, 3.05) is 18.1 Å². The molecule has 0 bridgehead atoms. The normalized spacial score (nSPS) is 21.9. The highest BCUT2D eigenvalue weighted by Crippen LogP contribution is 2.29. The fraction of sp³-hybridized carbons (Fsp3) is 0.611. The molecule has 3 rings (SSSR count). The number of sulfone groups is 1. The Morgan fingerprint density at radius 3 is 2.52 bits per heavy atom. The molecule has 0 aromatic heterocycles. The van der Waals surface area contributed by atoms with Gasteiger partial charge in [-0.2, -0.15) is 0 Å². The molecule has 148 valence electrons. The highest BCUT2D eigenvalue weighted by molar-refractivity contribution is 7.91. The van der Waals surface area contributed by atoms with Gasteiger partial charge < -0.3 is 9.64 Å². The second-order valence-corrected chi connectivity index (χ2v) is 9.52. The molecular formula is C18H24N2O6S. The lowest BCUT2D eigenvalue weighted by atomic mass is 10.1. The standard InChI is InChI=1S/C18H24N2O6S/c1-13-10-16(6-7-17(13)20(22)23)26-11-18(21)19(14-4-2-3-5-14)15-8-9-27(24,25)12-15/h6-7,10,14-15H,2-5,8-9,11-12H2,1H3/t15-/m1/s1. The number of benzene rings is 1. The summed E-state index contributed by atoms with van der Waals surface area (Å²) in [5.74, 6) is 0.305. The van der Waals surface area contributed by atoms with E-state index in [1.165, 1.54) is 18.2 Å². The van der Waals surface area contributed by atoms with E-state index in [1.54, 1.807) is 11.8 Å². The first kappa shape index (κ1) is 19.6. The van der Waals surface area contributed by atoms with Crippen molar-refractivity contribution in [1.82, 2.24) is 4.90 Å². The molecule has 0 radical (unpaired) electrons. The van der Waals surface area contributed by atoms with Crippen LogP contribution in [0.2, 0.25) is 0 Å². The van der Waals surface area contributed by atoms with Gasteiger partial charge in [0, 0.05) is 23.7 Å². The van der Waals surface area contributed by atoms with Gasteiger partial charge in [0.25, 0.3) is 11.6 Å². The maximum atomic E-state index is 12.9. The first-order valence-corrected chi connectivity index (χ1v) is 11.0. The van der Waals surface area contributed by atoms with Crippen molar-refractivity contribution >= 4 is 21.4 Å². The van der Waals surface area contributed by atoms with Crippen LogP contribution >= 0.6 is 0 Å². The van der Waals surface area contributed by atoms with Gasteiger partial charge in [0.15, 0.2) is 16.4 Å². The predicted molar refractivity (Wildman–Crippen MR) is 99.5 cm³/mol. The number of nitro benzene ring substituents is 1. The minimum atomic E-state index is -3.09. The van der Waals surface area contributed by atoms with Crippen LogP contribution in [0.1, 0.15) is 37.7 Å². The van der Waals surface area contributed by atoms with Crippen molar-refractivity contribution < 1.29 is 22.9 Å². The molecular weight excluding hydrogens is 372 g/mol. The molecule has 1 saturated carbocycles. The molecule has 1 aromatic carbocycles. The lowest BCUT2D eigenvalue weighted by Crippen LogP contribution is -2.48. The summed E-state index contributed by atoms with van der Waals surface area (Å²) in [6.07, 6.45) is 4.33. The van der Waals surface area contributed by atoms with Gasteiger partial charge in [-0.25, -0.2) is 8.42 Å². The summed E-state index contributed by atoms with van der Waals surface area (Å²) in [5.41, 5.74) is 0.455. The molecule has 8 nitrogen and oxygen atoms in total. The molecule has 27 heavy (non-hydrogen) atoms. The van der Waals surface area contributed by atoms with Crippen molar-refractivity contribution in [2.24, 2.45) is 0 Å². The van der Waals surface area contributed by atoms with Crippen molar-refractivity contribution in [3.63, 3.8) is 0 Å². The van der Waals surface area contributed by atoms with E-state index in [9.17, 15) is 23.3 Å². The quantitative estimate of drug-likeness (QED) is 0.539. The average Bonchev–Trinajstić information content (AvgIpc) is 3.23. The van der Waals surface area contributed by atoms with Gasteiger partial charge in [-0.15, -0.1) is 0 Å². The summed E-state index contributed by atoms with van der Waals surface area (Å²) in [5, 5.41) is 10.9. The Morgan fingerprint density at radius 2 is 1.96 bits per heavy atom. The molecule has 1 aromatic rings. The highest BCUT2D eigenvalue weighted by atomic mass is 32.2. The molecule has 0 spiro atoms. The number of carbonyl (C=O) groups is 1. The van der Waals surface area contributed by atoms with E-state index in [-0.39, 0.29) is 41.8 Å². The molecule has 1 aliphatic carbocycles. The number of rotatable bonds is 6. The average molecular weight is 396 g/mol.